The molecule has 1 fully saturated rings. The van der Waals surface area contributed by atoms with Gasteiger partial charge in [0.2, 0.25) is 5.91 Å². The lowest BCUT2D eigenvalue weighted by Gasteiger charge is -2.23. The number of hydrogen-bond acceptors (Lipinski definition) is 3. The van der Waals surface area contributed by atoms with Crippen LogP contribution in [0.25, 0.3) is 10.8 Å². The normalized spacial score (nSPS) is 17.6. The van der Waals surface area contributed by atoms with Gasteiger partial charge in [-0.3, -0.25) is 14.5 Å². The molecule has 1 atom stereocenters. The number of imide groups is 1. The zero-order valence-corrected chi connectivity index (χ0v) is 19.3. The lowest BCUT2D eigenvalue weighted by molar-refractivity contribution is -0.135. The van der Waals surface area contributed by atoms with E-state index in [0.29, 0.717) is 5.56 Å². The Morgan fingerprint density at radius 3 is 2.03 bits per heavy atom. The molecule has 4 aromatic carbocycles. The molecule has 174 valence electrons. The van der Waals surface area contributed by atoms with E-state index < -0.39 is 29.4 Å². The number of carbonyl (C=O) groups is 3. The molecule has 6 nitrogen and oxygen atoms in total. The summed E-state index contributed by atoms with van der Waals surface area (Å²) in [6.07, 6.45) is 0. The summed E-state index contributed by atoms with van der Waals surface area (Å²) in [4.78, 5) is 40.3. The van der Waals surface area contributed by atoms with Crippen molar-refractivity contribution in [3.63, 3.8) is 0 Å². The number of rotatable bonds is 6. The van der Waals surface area contributed by atoms with E-state index in [1.54, 1.807) is 6.92 Å². The Balaban J connectivity index is 1.37. The number of carbonyl (C=O) groups excluding carboxylic acids is 3. The molecule has 0 spiro atoms. The fourth-order valence-corrected chi connectivity index (χ4v) is 4.54. The van der Waals surface area contributed by atoms with Crippen LogP contribution in [0.1, 0.15) is 29.7 Å². The van der Waals surface area contributed by atoms with Crippen molar-refractivity contribution in [3.05, 3.63) is 120 Å². The van der Waals surface area contributed by atoms with Gasteiger partial charge in [-0.25, -0.2) is 4.79 Å². The number of benzene rings is 4. The van der Waals surface area contributed by atoms with E-state index in [4.69, 9.17) is 0 Å². The topological polar surface area (TPSA) is 78.5 Å². The molecule has 35 heavy (non-hydrogen) atoms. The number of hydrogen-bond donors (Lipinski definition) is 2. The quantitative estimate of drug-likeness (QED) is 0.413. The maximum atomic E-state index is 13.4. The summed E-state index contributed by atoms with van der Waals surface area (Å²) in [6.45, 7) is 1.30. The predicted molar refractivity (Wildman–Crippen MR) is 134 cm³/mol. The Bertz CT molecular complexity index is 1370. The Hall–Kier alpha value is -4.45. The van der Waals surface area contributed by atoms with Crippen molar-refractivity contribution in [1.82, 2.24) is 15.5 Å². The maximum absolute atomic E-state index is 13.4. The second kappa shape index (κ2) is 9.06. The van der Waals surface area contributed by atoms with Gasteiger partial charge in [0.05, 0.1) is 6.04 Å². The van der Waals surface area contributed by atoms with E-state index >= 15 is 0 Å². The highest BCUT2D eigenvalue weighted by Crippen LogP contribution is 2.31. The van der Waals surface area contributed by atoms with Crippen molar-refractivity contribution in [3.8, 4) is 0 Å². The van der Waals surface area contributed by atoms with Gasteiger partial charge >= 0.3 is 6.03 Å². The molecule has 4 amide bonds. The summed E-state index contributed by atoms with van der Waals surface area (Å²) in [5.74, 6) is -0.877. The Kier molecular flexibility index (Phi) is 5.79. The first-order valence-electron chi connectivity index (χ1n) is 11.5. The largest absolute Gasteiger partial charge is 0.344 e. The summed E-state index contributed by atoms with van der Waals surface area (Å²) < 4.78 is 0. The zero-order chi connectivity index (χ0) is 24.4. The van der Waals surface area contributed by atoms with E-state index in [1.807, 2.05) is 103 Å². The third-order valence-electron chi connectivity index (χ3n) is 6.47. The van der Waals surface area contributed by atoms with Crippen LogP contribution in [0.2, 0.25) is 0 Å². The van der Waals surface area contributed by atoms with Crippen LogP contribution in [-0.2, 0) is 15.1 Å². The molecular formula is C29H25N3O3. The molecule has 0 aliphatic carbocycles. The van der Waals surface area contributed by atoms with Gasteiger partial charge in [-0.05, 0) is 40.5 Å². The molecule has 0 radical (unpaired) electrons. The summed E-state index contributed by atoms with van der Waals surface area (Å²) >= 11 is 0. The Morgan fingerprint density at radius 2 is 1.40 bits per heavy atom. The molecule has 1 aliphatic heterocycles. The molecule has 5 rings (SSSR count). The van der Waals surface area contributed by atoms with Crippen LogP contribution in [-0.4, -0.2) is 29.3 Å². The first kappa shape index (κ1) is 22.3. The highest BCUT2D eigenvalue weighted by atomic mass is 16.2. The lowest BCUT2D eigenvalue weighted by atomic mass is 9.90. The highest BCUT2D eigenvalue weighted by molar-refractivity contribution is 6.09. The predicted octanol–water partition coefficient (Wildman–Crippen LogP) is 4.51. The van der Waals surface area contributed by atoms with E-state index in [9.17, 15) is 14.4 Å². The smallest absolute Gasteiger partial charge is 0.325 e. The van der Waals surface area contributed by atoms with Gasteiger partial charge in [-0.2, -0.15) is 0 Å². The monoisotopic (exact) mass is 463 g/mol. The molecule has 1 unspecified atom stereocenters. The molecule has 6 heteroatoms. The van der Waals surface area contributed by atoms with E-state index in [0.717, 1.165) is 26.8 Å². The van der Waals surface area contributed by atoms with Gasteiger partial charge in [0, 0.05) is 0 Å². The van der Waals surface area contributed by atoms with Crippen LogP contribution in [0, 0.1) is 0 Å². The maximum Gasteiger partial charge on any atom is 0.325 e. The van der Waals surface area contributed by atoms with Crippen LogP contribution < -0.4 is 10.6 Å². The fraction of sp³-hybridized carbons (Fsp3) is 0.138. The van der Waals surface area contributed by atoms with Gasteiger partial charge in [-0.15, -0.1) is 0 Å². The van der Waals surface area contributed by atoms with Gasteiger partial charge in [0.15, 0.2) is 0 Å². The average molecular weight is 464 g/mol. The van der Waals surface area contributed by atoms with Gasteiger partial charge in [0.25, 0.3) is 5.91 Å². The third-order valence-corrected chi connectivity index (χ3v) is 6.47. The van der Waals surface area contributed by atoms with E-state index in [1.165, 1.54) is 0 Å². The zero-order valence-electron chi connectivity index (χ0n) is 19.3. The molecule has 0 aromatic heterocycles. The SMILES string of the molecule is CC1(c2ccc3ccccc3c2)NC(=O)N(CC(=O)NC(c2ccccc2)c2ccccc2)C1=O. The van der Waals surface area contributed by atoms with E-state index in [-0.39, 0.29) is 6.54 Å². The summed E-state index contributed by atoms with van der Waals surface area (Å²) in [5, 5.41) is 7.80. The van der Waals surface area contributed by atoms with Crippen molar-refractivity contribution in [2.45, 2.75) is 18.5 Å². The standard InChI is InChI=1S/C29H25N3O3/c1-29(24-17-16-20-10-8-9-15-23(20)18-24)27(34)32(28(35)31-29)19-25(33)30-26(21-11-4-2-5-12-21)22-13-6-3-7-14-22/h2-18,26H,19H2,1H3,(H,30,33)(H,31,35). The van der Waals surface area contributed by atoms with Crippen molar-refractivity contribution < 1.29 is 14.4 Å². The molecule has 1 aliphatic rings. The third kappa shape index (κ3) is 4.26. The van der Waals surface area contributed by atoms with Crippen LogP contribution in [0.5, 0.6) is 0 Å². The molecule has 0 bridgehead atoms. The van der Waals surface area contributed by atoms with Crippen LogP contribution in [0.15, 0.2) is 103 Å². The van der Waals surface area contributed by atoms with Crippen molar-refractivity contribution >= 4 is 28.6 Å². The number of nitrogens with zero attached hydrogens (tertiary/aromatic N) is 1. The molecule has 1 heterocycles. The minimum Gasteiger partial charge on any atom is -0.344 e. The fourth-order valence-electron chi connectivity index (χ4n) is 4.54. The van der Waals surface area contributed by atoms with Crippen molar-refractivity contribution in [1.29, 1.82) is 0 Å². The minimum absolute atomic E-state index is 0.371. The Morgan fingerprint density at radius 1 is 0.829 bits per heavy atom. The minimum atomic E-state index is -1.25. The second-order valence-electron chi connectivity index (χ2n) is 8.83. The van der Waals surface area contributed by atoms with Crippen LogP contribution >= 0.6 is 0 Å². The second-order valence-corrected chi connectivity index (χ2v) is 8.83. The summed E-state index contributed by atoms with van der Waals surface area (Å²) in [6, 6.07) is 31.7. The molecule has 0 saturated carbocycles. The first-order valence-corrected chi connectivity index (χ1v) is 11.5. The Labute approximate surface area is 203 Å². The molecular weight excluding hydrogens is 438 g/mol. The van der Waals surface area contributed by atoms with E-state index in [2.05, 4.69) is 10.6 Å². The molecule has 2 N–H and O–H groups in total. The number of fused-ring (bicyclic) bond motifs is 1. The van der Waals surface area contributed by atoms with Crippen LogP contribution in [0.3, 0.4) is 0 Å². The number of amides is 4. The lowest BCUT2D eigenvalue weighted by Crippen LogP contribution is -2.44. The van der Waals surface area contributed by atoms with Gasteiger partial charge in [-0.1, -0.05) is 97.1 Å². The van der Waals surface area contributed by atoms with Crippen molar-refractivity contribution in [2.24, 2.45) is 0 Å². The highest BCUT2D eigenvalue weighted by Gasteiger charge is 2.49. The van der Waals surface area contributed by atoms with Gasteiger partial charge in [0.1, 0.15) is 12.1 Å². The molecule has 1 saturated heterocycles. The summed E-state index contributed by atoms with van der Waals surface area (Å²) in [7, 11) is 0. The number of urea groups is 1. The number of nitrogens with one attached hydrogen (secondary N) is 2. The average Bonchev–Trinajstić information content (AvgIpc) is 3.11. The first-order chi connectivity index (χ1) is 17.0. The van der Waals surface area contributed by atoms with Crippen LogP contribution in [0.4, 0.5) is 4.79 Å². The van der Waals surface area contributed by atoms with Gasteiger partial charge < -0.3 is 10.6 Å². The van der Waals surface area contributed by atoms with Crippen molar-refractivity contribution in [2.75, 3.05) is 6.54 Å². The molecule has 4 aromatic rings. The summed E-state index contributed by atoms with van der Waals surface area (Å²) in [5.41, 5.74) is 1.24.